The van der Waals surface area contributed by atoms with Crippen LogP contribution in [-0.2, 0) is 9.53 Å². The fraction of sp³-hybridized carbons (Fsp3) is 0.500. The molecule has 3 rings (SSSR count). The van der Waals surface area contributed by atoms with Crippen LogP contribution in [0.25, 0.3) is 0 Å². The summed E-state index contributed by atoms with van der Waals surface area (Å²) in [6.07, 6.45) is 3.12. The maximum Gasteiger partial charge on any atom is 0.309 e. The van der Waals surface area contributed by atoms with Crippen molar-refractivity contribution in [2.24, 2.45) is 17.8 Å². The zero-order valence-electron chi connectivity index (χ0n) is 11.5. The Labute approximate surface area is 118 Å². The quantitative estimate of drug-likeness (QED) is 0.590. The number of ketones is 1. The van der Waals surface area contributed by atoms with Gasteiger partial charge in [0.1, 0.15) is 5.75 Å². The van der Waals surface area contributed by atoms with Crippen molar-refractivity contribution in [1.29, 1.82) is 0 Å². The van der Waals surface area contributed by atoms with Crippen molar-refractivity contribution >= 4 is 11.8 Å². The number of hydrogen-bond donors (Lipinski definition) is 0. The van der Waals surface area contributed by atoms with Crippen molar-refractivity contribution in [2.75, 3.05) is 13.7 Å². The van der Waals surface area contributed by atoms with Gasteiger partial charge in [-0.1, -0.05) is 0 Å². The van der Waals surface area contributed by atoms with Crippen molar-refractivity contribution in [1.82, 2.24) is 0 Å². The third-order valence-corrected chi connectivity index (χ3v) is 3.95. The number of benzene rings is 1. The zero-order chi connectivity index (χ0) is 14.1. The van der Waals surface area contributed by atoms with Crippen LogP contribution in [0.1, 0.15) is 29.6 Å². The molecule has 1 aromatic carbocycles. The van der Waals surface area contributed by atoms with Gasteiger partial charge in [-0.3, -0.25) is 9.59 Å². The second kappa shape index (κ2) is 5.27. The van der Waals surface area contributed by atoms with E-state index in [0.717, 1.165) is 12.4 Å². The lowest BCUT2D eigenvalue weighted by Crippen LogP contribution is -2.10. The Hall–Kier alpha value is -1.84. The summed E-state index contributed by atoms with van der Waals surface area (Å²) >= 11 is 0. The molecule has 2 aliphatic carbocycles. The fourth-order valence-corrected chi connectivity index (χ4v) is 2.32. The Balaban J connectivity index is 1.57. The first-order valence-corrected chi connectivity index (χ1v) is 7.04. The van der Waals surface area contributed by atoms with Gasteiger partial charge in [-0.2, -0.15) is 0 Å². The fourth-order valence-electron chi connectivity index (χ4n) is 2.32. The van der Waals surface area contributed by atoms with Gasteiger partial charge in [-0.15, -0.1) is 0 Å². The first-order valence-electron chi connectivity index (χ1n) is 7.04. The summed E-state index contributed by atoms with van der Waals surface area (Å²) in [5, 5.41) is 0. The van der Waals surface area contributed by atoms with Crippen LogP contribution in [0, 0.1) is 17.8 Å². The van der Waals surface area contributed by atoms with Crippen molar-refractivity contribution in [3.05, 3.63) is 29.8 Å². The molecule has 0 saturated heterocycles. The van der Waals surface area contributed by atoms with Gasteiger partial charge in [-0.05, 0) is 49.4 Å². The third kappa shape index (κ3) is 2.84. The van der Waals surface area contributed by atoms with E-state index < -0.39 is 0 Å². The third-order valence-electron chi connectivity index (χ3n) is 3.95. The first kappa shape index (κ1) is 13.2. The molecule has 0 bridgehead atoms. The van der Waals surface area contributed by atoms with E-state index >= 15 is 0 Å². The molecule has 2 atom stereocenters. The van der Waals surface area contributed by atoms with E-state index in [-0.39, 0.29) is 23.6 Å². The van der Waals surface area contributed by atoms with Gasteiger partial charge in [0.25, 0.3) is 0 Å². The van der Waals surface area contributed by atoms with Gasteiger partial charge in [0.2, 0.25) is 0 Å². The Kier molecular flexibility index (Phi) is 3.47. The molecule has 2 fully saturated rings. The highest BCUT2D eigenvalue weighted by Crippen LogP contribution is 2.42. The number of ether oxygens (including phenoxy) is 2. The first-order chi connectivity index (χ1) is 9.69. The molecule has 0 aromatic heterocycles. The summed E-state index contributed by atoms with van der Waals surface area (Å²) in [5.41, 5.74) is 0.639. The number of methoxy groups -OCH3 is 1. The van der Waals surface area contributed by atoms with Crippen LogP contribution < -0.4 is 4.74 Å². The molecule has 0 radical (unpaired) electrons. The summed E-state index contributed by atoms with van der Waals surface area (Å²) in [6, 6.07) is 7.20. The number of carbonyl (C=O) groups is 2. The molecular formula is C16H18O4. The monoisotopic (exact) mass is 274 g/mol. The summed E-state index contributed by atoms with van der Waals surface area (Å²) < 4.78 is 10.3. The van der Waals surface area contributed by atoms with E-state index in [1.807, 2.05) is 12.1 Å². The van der Waals surface area contributed by atoms with Crippen molar-refractivity contribution in [3.8, 4) is 5.75 Å². The van der Waals surface area contributed by atoms with Gasteiger partial charge < -0.3 is 9.47 Å². The van der Waals surface area contributed by atoms with Crippen molar-refractivity contribution < 1.29 is 19.1 Å². The largest absolute Gasteiger partial charge is 0.493 e. The predicted molar refractivity (Wildman–Crippen MR) is 72.6 cm³/mol. The van der Waals surface area contributed by atoms with E-state index in [9.17, 15) is 9.59 Å². The minimum Gasteiger partial charge on any atom is -0.493 e. The molecule has 0 amide bonds. The molecule has 2 saturated carbocycles. The van der Waals surface area contributed by atoms with Crippen LogP contribution >= 0.6 is 0 Å². The van der Waals surface area contributed by atoms with E-state index in [0.29, 0.717) is 17.9 Å². The van der Waals surface area contributed by atoms with E-state index in [1.54, 1.807) is 12.1 Å². The SMILES string of the molecule is COC(=O)C1CC1C(=O)c1ccc(OCC2CC2)cc1. The van der Waals surface area contributed by atoms with Gasteiger partial charge in [0, 0.05) is 11.5 Å². The number of rotatable bonds is 6. The molecule has 0 aliphatic heterocycles. The zero-order valence-corrected chi connectivity index (χ0v) is 11.5. The van der Waals surface area contributed by atoms with Crippen LogP contribution in [0.15, 0.2) is 24.3 Å². The topological polar surface area (TPSA) is 52.6 Å². The van der Waals surface area contributed by atoms with Crippen LogP contribution in [0.4, 0.5) is 0 Å². The molecule has 0 N–H and O–H groups in total. The second-order valence-corrected chi connectivity index (χ2v) is 5.61. The molecule has 4 nitrogen and oxygen atoms in total. The molecule has 0 spiro atoms. The number of hydrogen-bond acceptors (Lipinski definition) is 4. The predicted octanol–water partition coefficient (Wildman–Crippen LogP) is 2.47. The number of esters is 1. The number of Topliss-reactive ketones (excluding diaryl/α,β-unsaturated/α-hetero) is 1. The molecule has 4 heteroatoms. The molecule has 2 unspecified atom stereocenters. The van der Waals surface area contributed by atoms with E-state index in [2.05, 4.69) is 4.74 Å². The summed E-state index contributed by atoms with van der Waals surface area (Å²) in [7, 11) is 1.36. The molecule has 0 heterocycles. The Morgan fingerprint density at radius 2 is 1.85 bits per heavy atom. The van der Waals surface area contributed by atoms with Crippen LogP contribution in [0.5, 0.6) is 5.75 Å². The highest BCUT2D eigenvalue weighted by atomic mass is 16.5. The lowest BCUT2D eigenvalue weighted by molar-refractivity contribution is -0.142. The van der Waals surface area contributed by atoms with Crippen LogP contribution in [0.2, 0.25) is 0 Å². The minimum atomic E-state index is -0.285. The van der Waals surface area contributed by atoms with Crippen molar-refractivity contribution in [3.63, 3.8) is 0 Å². The summed E-state index contributed by atoms with van der Waals surface area (Å²) in [6.45, 7) is 0.764. The molecular weight excluding hydrogens is 256 g/mol. The van der Waals surface area contributed by atoms with Gasteiger partial charge >= 0.3 is 5.97 Å². The van der Waals surface area contributed by atoms with E-state index in [1.165, 1.54) is 20.0 Å². The van der Waals surface area contributed by atoms with Gasteiger partial charge in [0.05, 0.1) is 19.6 Å². The lowest BCUT2D eigenvalue weighted by Gasteiger charge is -2.06. The smallest absolute Gasteiger partial charge is 0.309 e. The van der Waals surface area contributed by atoms with Crippen molar-refractivity contribution in [2.45, 2.75) is 19.3 Å². The normalized spacial score (nSPS) is 24.1. The highest BCUT2D eigenvalue weighted by molar-refractivity contribution is 6.02. The van der Waals surface area contributed by atoms with Crippen LogP contribution in [0.3, 0.4) is 0 Å². The molecule has 1 aromatic rings. The van der Waals surface area contributed by atoms with Crippen LogP contribution in [-0.4, -0.2) is 25.5 Å². The molecule has 106 valence electrons. The average molecular weight is 274 g/mol. The maximum atomic E-state index is 12.2. The maximum absolute atomic E-state index is 12.2. The van der Waals surface area contributed by atoms with Gasteiger partial charge in [0.15, 0.2) is 5.78 Å². The Bertz CT molecular complexity index is 516. The highest BCUT2D eigenvalue weighted by Gasteiger charge is 2.48. The standard InChI is InChI=1S/C16H18O4/c1-19-16(18)14-8-13(14)15(17)11-4-6-12(7-5-11)20-9-10-2-3-10/h4-7,10,13-14H,2-3,8-9H2,1H3. The molecule has 20 heavy (non-hydrogen) atoms. The second-order valence-electron chi connectivity index (χ2n) is 5.61. The minimum absolute atomic E-state index is 0.0224. The summed E-state index contributed by atoms with van der Waals surface area (Å²) in [5.74, 6) is 0.790. The van der Waals surface area contributed by atoms with Gasteiger partial charge in [-0.25, -0.2) is 0 Å². The summed E-state index contributed by atoms with van der Waals surface area (Å²) in [4.78, 5) is 23.5. The van der Waals surface area contributed by atoms with E-state index in [4.69, 9.17) is 4.74 Å². The lowest BCUT2D eigenvalue weighted by atomic mass is 10.1. The number of carbonyl (C=O) groups excluding carboxylic acids is 2. The Morgan fingerprint density at radius 3 is 2.45 bits per heavy atom. The molecule has 2 aliphatic rings. The average Bonchev–Trinajstić information content (AvgIpc) is 3.38. The Morgan fingerprint density at radius 1 is 1.15 bits per heavy atom.